The molecule has 1 aliphatic carbocycles. The van der Waals surface area contributed by atoms with Crippen LogP contribution in [0, 0.1) is 0 Å². The number of aromatic carboxylic acids is 1. The molecule has 1 saturated carbocycles. The van der Waals surface area contributed by atoms with E-state index in [0.717, 1.165) is 25.7 Å². The van der Waals surface area contributed by atoms with Crippen LogP contribution in [-0.4, -0.2) is 45.9 Å². The molecule has 4 aromatic rings. The number of ketones is 1. The van der Waals surface area contributed by atoms with E-state index in [4.69, 9.17) is 9.47 Å². The van der Waals surface area contributed by atoms with Gasteiger partial charge in [0.15, 0.2) is 5.78 Å². The summed E-state index contributed by atoms with van der Waals surface area (Å²) in [4.78, 5) is 52.1. The Morgan fingerprint density at radius 1 is 0.848 bits per heavy atom. The number of aromatic nitrogens is 1. The molecule has 0 unspecified atom stereocenters. The third-order valence-corrected chi connectivity index (χ3v) is 7.48. The summed E-state index contributed by atoms with van der Waals surface area (Å²) < 4.78 is 12.0. The number of hydrogen-bond donors (Lipinski definition) is 4. The molecule has 1 heterocycles. The van der Waals surface area contributed by atoms with E-state index in [1.54, 1.807) is 66.7 Å². The van der Waals surface area contributed by atoms with E-state index in [-0.39, 0.29) is 47.5 Å². The smallest absolute Gasteiger partial charge is 0.337 e. The molecule has 3 aromatic carbocycles. The van der Waals surface area contributed by atoms with Crippen LogP contribution in [0.5, 0.6) is 17.4 Å². The number of carboxylic acid groups (broad SMARTS) is 1. The Kier molecular flexibility index (Phi) is 10.2. The van der Waals surface area contributed by atoms with Gasteiger partial charge >= 0.3 is 12.0 Å². The largest absolute Gasteiger partial charge is 0.490 e. The van der Waals surface area contributed by atoms with Crippen LogP contribution in [0.4, 0.5) is 16.2 Å². The first kappa shape index (κ1) is 31.7. The predicted octanol–water partition coefficient (Wildman–Crippen LogP) is 6.47. The zero-order valence-electron chi connectivity index (χ0n) is 25.2. The molecule has 46 heavy (non-hydrogen) atoms. The molecule has 1 aromatic heterocycles. The number of pyridine rings is 1. The molecule has 0 spiro atoms. The van der Waals surface area contributed by atoms with Gasteiger partial charge in [0.2, 0.25) is 11.8 Å². The first-order chi connectivity index (χ1) is 22.2. The van der Waals surface area contributed by atoms with Crippen molar-refractivity contribution in [2.24, 2.45) is 0 Å². The average Bonchev–Trinajstić information content (AvgIpc) is 3.04. The number of rotatable bonds is 11. The molecule has 4 N–H and O–H groups in total. The van der Waals surface area contributed by atoms with E-state index in [9.17, 15) is 24.3 Å². The van der Waals surface area contributed by atoms with Crippen molar-refractivity contribution < 1.29 is 33.8 Å². The SMILES string of the molecule is CC(=O)c1cccc(NC(=O)NC2CCC(Oc3ccc(Oc4ccc(CC(=O)Nc5ccccc5C(=O)O)cn4)cc3)CC2)c1. The van der Waals surface area contributed by atoms with Crippen LogP contribution in [0.3, 0.4) is 0 Å². The lowest BCUT2D eigenvalue weighted by molar-refractivity contribution is -0.115. The molecule has 0 saturated heterocycles. The molecular formula is C35H34N4O7. The first-order valence-corrected chi connectivity index (χ1v) is 14.9. The van der Waals surface area contributed by atoms with Crippen LogP contribution in [0.1, 0.15) is 58.9 Å². The molecule has 1 fully saturated rings. The zero-order valence-corrected chi connectivity index (χ0v) is 25.2. The van der Waals surface area contributed by atoms with Crippen LogP contribution in [-0.2, 0) is 11.2 Å². The average molecular weight is 623 g/mol. The lowest BCUT2D eigenvalue weighted by Crippen LogP contribution is -2.41. The number of urea groups is 1. The van der Waals surface area contributed by atoms with Gasteiger partial charge in [-0.2, -0.15) is 0 Å². The highest BCUT2D eigenvalue weighted by atomic mass is 16.5. The maximum absolute atomic E-state index is 12.5. The Balaban J connectivity index is 1.04. The van der Waals surface area contributed by atoms with Crippen LogP contribution in [0.15, 0.2) is 91.1 Å². The number of Topliss-reactive ketones (excluding diaryl/α,β-unsaturated/α-hetero) is 1. The van der Waals surface area contributed by atoms with Gasteiger partial charge < -0.3 is 30.5 Å². The Labute approximate surface area is 266 Å². The number of ether oxygens (including phenoxy) is 2. The monoisotopic (exact) mass is 622 g/mol. The van der Waals surface area contributed by atoms with Crippen molar-refractivity contribution in [3.63, 3.8) is 0 Å². The summed E-state index contributed by atoms with van der Waals surface area (Å²) in [5.41, 5.74) is 2.02. The van der Waals surface area contributed by atoms with Gasteiger partial charge in [-0.1, -0.05) is 30.3 Å². The quantitative estimate of drug-likeness (QED) is 0.139. The van der Waals surface area contributed by atoms with Gasteiger partial charge in [-0.15, -0.1) is 0 Å². The Morgan fingerprint density at radius 2 is 1.59 bits per heavy atom. The topological polar surface area (TPSA) is 156 Å². The summed E-state index contributed by atoms with van der Waals surface area (Å²) in [5.74, 6) is 0.109. The maximum Gasteiger partial charge on any atom is 0.337 e. The molecule has 0 bridgehead atoms. The molecule has 0 radical (unpaired) electrons. The summed E-state index contributed by atoms with van der Waals surface area (Å²) in [6, 6.07) is 23.4. The number of carboxylic acids is 1. The van der Waals surface area contributed by atoms with E-state index in [0.29, 0.717) is 34.2 Å². The van der Waals surface area contributed by atoms with Gasteiger partial charge in [0, 0.05) is 29.6 Å². The molecule has 5 rings (SSSR count). The second-order valence-corrected chi connectivity index (χ2v) is 11.0. The fourth-order valence-corrected chi connectivity index (χ4v) is 5.13. The maximum atomic E-state index is 12.5. The molecule has 11 heteroatoms. The van der Waals surface area contributed by atoms with E-state index in [1.165, 1.54) is 19.2 Å². The Morgan fingerprint density at radius 3 is 2.28 bits per heavy atom. The number of carbonyl (C=O) groups is 4. The summed E-state index contributed by atoms with van der Waals surface area (Å²) >= 11 is 0. The number of para-hydroxylation sites is 1. The van der Waals surface area contributed by atoms with Crippen molar-refractivity contribution in [3.05, 3.63) is 108 Å². The van der Waals surface area contributed by atoms with Crippen molar-refractivity contribution in [1.82, 2.24) is 10.3 Å². The lowest BCUT2D eigenvalue weighted by Gasteiger charge is -2.29. The number of nitrogens with zero attached hydrogens (tertiary/aromatic N) is 1. The van der Waals surface area contributed by atoms with Crippen molar-refractivity contribution in [1.29, 1.82) is 0 Å². The summed E-state index contributed by atoms with van der Waals surface area (Å²) in [6.45, 7) is 1.49. The second-order valence-electron chi connectivity index (χ2n) is 11.0. The molecule has 236 valence electrons. The first-order valence-electron chi connectivity index (χ1n) is 14.9. The van der Waals surface area contributed by atoms with Crippen molar-refractivity contribution >= 4 is 35.1 Å². The molecule has 0 aliphatic heterocycles. The Hall–Kier alpha value is -5.71. The van der Waals surface area contributed by atoms with Gasteiger partial charge in [-0.3, -0.25) is 9.59 Å². The highest BCUT2D eigenvalue weighted by Crippen LogP contribution is 2.27. The van der Waals surface area contributed by atoms with Gasteiger partial charge in [0.25, 0.3) is 0 Å². The fourth-order valence-electron chi connectivity index (χ4n) is 5.13. The fraction of sp³-hybridized carbons (Fsp3) is 0.229. The molecule has 11 nitrogen and oxygen atoms in total. The molecular weight excluding hydrogens is 588 g/mol. The minimum atomic E-state index is -1.12. The van der Waals surface area contributed by atoms with Gasteiger partial charge in [-0.05, 0) is 86.7 Å². The summed E-state index contributed by atoms with van der Waals surface area (Å²) in [5, 5.41) is 17.7. The minimum Gasteiger partial charge on any atom is -0.490 e. The van der Waals surface area contributed by atoms with Crippen molar-refractivity contribution in [2.45, 2.75) is 51.2 Å². The van der Waals surface area contributed by atoms with Crippen molar-refractivity contribution in [3.8, 4) is 17.4 Å². The highest BCUT2D eigenvalue weighted by molar-refractivity contribution is 6.01. The third kappa shape index (κ3) is 8.91. The number of amides is 3. The highest BCUT2D eigenvalue weighted by Gasteiger charge is 2.24. The minimum absolute atomic E-state index is 0.0200. The van der Waals surface area contributed by atoms with Crippen molar-refractivity contribution in [2.75, 3.05) is 10.6 Å². The van der Waals surface area contributed by atoms with Crippen LogP contribution in [0.25, 0.3) is 0 Å². The standard InChI is InChI=1S/C35H34N4O7/c1-22(40)24-5-4-6-26(20-24)38-35(44)37-25-10-12-27(13-11-25)45-28-14-16-29(17-15-28)46-33-18-9-23(21-36-33)19-32(41)39-31-8-3-2-7-30(31)34(42)43/h2-9,14-18,20-21,25,27H,10-13,19H2,1H3,(H,39,41)(H,42,43)(H2,37,38,44). The van der Waals surface area contributed by atoms with Crippen LogP contribution < -0.4 is 25.4 Å². The molecule has 0 atom stereocenters. The predicted molar refractivity (Wildman–Crippen MR) is 172 cm³/mol. The normalized spacial score (nSPS) is 15.7. The lowest BCUT2D eigenvalue weighted by atomic mass is 9.93. The van der Waals surface area contributed by atoms with E-state index >= 15 is 0 Å². The zero-order chi connectivity index (χ0) is 32.5. The number of carbonyl (C=O) groups excluding carboxylic acids is 3. The van der Waals surface area contributed by atoms with Crippen LogP contribution in [0.2, 0.25) is 0 Å². The number of anilines is 2. The third-order valence-electron chi connectivity index (χ3n) is 7.48. The number of hydrogen-bond acceptors (Lipinski definition) is 7. The van der Waals surface area contributed by atoms with Gasteiger partial charge in [-0.25, -0.2) is 14.6 Å². The van der Waals surface area contributed by atoms with E-state index < -0.39 is 5.97 Å². The number of benzene rings is 3. The molecule has 1 aliphatic rings. The van der Waals surface area contributed by atoms with Crippen LogP contribution >= 0.6 is 0 Å². The Bertz CT molecular complexity index is 1700. The summed E-state index contributed by atoms with van der Waals surface area (Å²) in [6.07, 6.45) is 4.75. The number of nitrogens with one attached hydrogen (secondary N) is 3. The van der Waals surface area contributed by atoms with Gasteiger partial charge in [0.1, 0.15) is 11.5 Å². The second kappa shape index (κ2) is 14.8. The molecule has 3 amide bonds. The van der Waals surface area contributed by atoms with E-state index in [1.807, 2.05) is 12.1 Å². The van der Waals surface area contributed by atoms with Gasteiger partial charge in [0.05, 0.1) is 23.8 Å². The summed E-state index contributed by atoms with van der Waals surface area (Å²) in [7, 11) is 0. The van der Waals surface area contributed by atoms with E-state index in [2.05, 4.69) is 20.9 Å².